The second-order valence-corrected chi connectivity index (χ2v) is 32.4. The molecule has 5 fully saturated rings. The Kier molecular flexibility index (Phi) is 21.0. The number of fused-ring (bicyclic) bond motifs is 16. The maximum Gasteiger partial charge on any atom is 0.329 e. The molecule has 8 amide bonds. The van der Waals surface area contributed by atoms with Crippen molar-refractivity contribution in [2.75, 3.05) is 132 Å². The van der Waals surface area contributed by atoms with E-state index in [0.717, 1.165) is 197 Å². The van der Waals surface area contributed by atoms with Crippen molar-refractivity contribution in [1.29, 1.82) is 0 Å². The number of aromatic nitrogens is 14. The van der Waals surface area contributed by atoms with Gasteiger partial charge in [0.2, 0.25) is 0 Å². The molecule has 4 saturated heterocycles. The Labute approximate surface area is 692 Å². The van der Waals surface area contributed by atoms with Crippen molar-refractivity contribution in [1.82, 2.24) is 69.8 Å². The van der Waals surface area contributed by atoms with Crippen molar-refractivity contribution >= 4 is 110 Å². The van der Waals surface area contributed by atoms with E-state index in [1.165, 1.54) is 30.4 Å². The molecule has 8 aliphatic heterocycles. The number of pyridine rings is 9. The van der Waals surface area contributed by atoms with Crippen LogP contribution in [-0.4, -0.2) is 185 Å². The van der Waals surface area contributed by atoms with E-state index in [4.69, 9.17) is 19.9 Å². The molecule has 119 heavy (non-hydrogen) atoms. The molecular formula is C87H89N27O4S. The van der Waals surface area contributed by atoms with Gasteiger partial charge >= 0.3 is 24.1 Å². The zero-order valence-corrected chi connectivity index (χ0v) is 67.9. The Bertz CT molecular complexity index is 5790. The van der Waals surface area contributed by atoms with Crippen molar-refractivity contribution < 1.29 is 19.2 Å². The van der Waals surface area contributed by atoms with Crippen LogP contribution in [0.2, 0.25) is 0 Å². The van der Waals surface area contributed by atoms with Gasteiger partial charge in [0.25, 0.3) is 0 Å². The molecular weight excluding hydrogens is 1520 g/mol. The number of aryl methyl sites for hydroxylation is 5. The highest BCUT2D eigenvalue weighted by Gasteiger charge is 2.45. The number of hydrogen-bond acceptors (Lipinski definition) is 24. The summed E-state index contributed by atoms with van der Waals surface area (Å²) in [5.74, 6) is 5.13. The van der Waals surface area contributed by atoms with Gasteiger partial charge in [-0.3, -0.25) is 65.5 Å². The van der Waals surface area contributed by atoms with Crippen molar-refractivity contribution in [3.8, 4) is 45.0 Å². The zero-order valence-electron chi connectivity index (χ0n) is 67.1. The summed E-state index contributed by atoms with van der Waals surface area (Å²) in [7, 11) is 3.91. The van der Waals surface area contributed by atoms with Crippen LogP contribution >= 0.6 is 11.3 Å². The molecule has 20 heterocycles. The van der Waals surface area contributed by atoms with Gasteiger partial charge in [-0.1, -0.05) is 0 Å². The van der Waals surface area contributed by atoms with E-state index in [0.29, 0.717) is 45.8 Å². The zero-order chi connectivity index (χ0) is 81.5. The van der Waals surface area contributed by atoms with Crippen LogP contribution in [0.5, 0.6) is 0 Å². The molecule has 12 aromatic heterocycles. The molecule has 21 rings (SSSR count). The maximum atomic E-state index is 13.4. The van der Waals surface area contributed by atoms with Gasteiger partial charge in [0.05, 0.1) is 99.7 Å². The van der Waals surface area contributed by atoms with Crippen LogP contribution in [0.15, 0.2) is 177 Å². The summed E-state index contributed by atoms with van der Waals surface area (Å²) >= 11 is 1.51. The summed E-state index contributed by atoms with van der Waals surface area (Å²) in [4.78, 5) is 135. The number of carbonyl (C=O) groups is 4. The number of nitrogens with one attached hydrogen (secondary N) is 4. The third kappa shape index (κ3) is 16.1. The lowest BCUT2D eigenvalue weighted by molar-refractivity contribution is 0.252. The first-order valence-electron chi connectivity index (χ1n) is 40.2. The molecule has 9 aliphatic rings. The molecule has 1 aliphatic carbocycles. The molecule has 0 spiro atoms. The first kappa shape index (κ1) is 76.5. The number of rotatable bonds is 10. The van der Waals surface area contributed by atoms with Crippen molar-refractivity contribution in [2.24, 2.45) is 0 Å². The predicted octanol–water partition coefficient (Wildman–Crippen LogP) is 14.4. The highest BCUT2D eigenvalue weighted by molar-refractivity contribution is 7.15. The number of thiazole rings is 1. The molecule has 12 aromatic rings. The van der Waals surface area contributed by atoms with Crippen LogP contribution in [0.1, 0.15) is 84.2 Å². The van der Waals surface area contributed by atoms with Gasteiger partial charge < -0.3 is 29.8 Å². The quantitative estimate of drug-likeness (QED) is 0.0988. The second-order valence-electron chi connectivity index (χ2n) is 31.2. The van der Waals surface area contributed by atoms with E-state index in [2.05, 4.69) is 127 Å². The predicted molar refractivity (Wildman–Crippen MR) is 463 cm³/mol. The number of urea groups is 4. The van der Waals surface area contributed by atoms with Crippen LogP contribution in [-0.2, 0) is 0 Å². The molecule has 32 heteroatoms. The average Bonchev–Trinajstić information content (AvgIpc) is 1.74. The molecule has 8 bridgehead atoms. The Morgan fingerprint density at radius 2 is 0.840 bits per heavy atom. The van der Waals surface area contributed by atoms with Gasteiger partial charge in [0, 0.05) is 172 Å². The number of piperidine rings is 1. The Hall–Kier alpha value is -13.8. The van der Waals surface area contributed by atoms with E-state index in [9.17, 15) is 19.2 Å². The van der Waals surface area contributed by atoms with E-state index in [1.807, 2.05) is 142 Å². The minimum Gasteiger partial charge on any atom is -0.366 e. The van der Waals surface area contributed by atoms with Gasteiger partial charge in [-0.2, -0.15) is 0 Å². The smallest absolute Gasteiger partial charge is 0.329 e. The fourth-order valence-corrected chi connectivity index (χ4v) is 17.4. The van der Waals surface area contributed by atoms with Gasteiger partial charge in [-0.05, 0) is 189 Å². The molecule has 0 aromatic carbocycles. The standard InChI is InChI=1S/C22H21N7O.C22H24N6OS.C22H22N6O.C21H22N8O/c30-22(27-20-12-23-8-9-24-20)29-16-7-10-28(13-16)19-6-5-18(26-21(19)29)15-3-4-17(25-11-15)14-1-2-14;1-13-11-16(8-9-23-13)18-6-7-19-20(25-18)28(17-5-4-10-27(19)12-17)22(29)26-21-24-14(2)15(3)30-21;1-14-3-4-17(12-24-14)25-22(29)28-18-8-10-27(13-18)20-6-5-19(26-21(20)28)16-7-9-23-15(2)11-16;1-27(2)19-11-14(5-7-24-19)16-3-4-17-20(25-16)29(15-6-10-28(17)13-15)21(30)26-18-12-22-8-9-23-18/h3-6,8-9,11-12,14,16H,1-2,7,10,13H2,(H,24,27,30);6-9,11,17H,4-5,10,12H2,1-3H3,(H,24,26,29);3-7,9,11-12,18H,8,10,13H2,1-2H3,(H,25,29);3-5,7-9,11-12,15H,6,10,13H2,1-2H3,(H,23,26,30)/t16-;17-;18-;15-/m0000/s1. The summed E-state index contributed by atoms with van der Waals surface area (Å²) in [5, 5.41) is 12.4. The first-order valence-corrected chi connectivity index (χ1v) is 41.1. The average molecular weight is 1610 g/mol. The lowest BCUT2D eigenvalue weighted by atomic mass is 9.99. The van der Waals surface area contributed by atoms with E-state index < -0.39 is 0 Å². The van der Waals surface area contributed by atoms with Crippen molar-refractivity contribution in [3.05, 3.63) is 211 Å². The van der Waals surface area contributed by atoms with Crippen molar-refractivity contribution in [2.45, 2.75) is 110 Å². The Morgan fingerprint density at radius 1 is 0.387 bits per heavy atom. The van der Waals surface area contributed by atoms with Crippen LogP contribution < -0.4 is 65.4 Å². The third-order valence-electron chi connectivity index (χ3n) is 22.9. The number of hydrogen-bond donors (Lipinski definition) is 4. The minimum absolute atomic E-state index is 0.0756. The van der Waals surface area contributed by atoms with E-state index in [-0.39, 0.29) is 48.3 Å². The molecule has 0 radical (unpaired) electrons. The fourth-order valence-electron chi connectivity index (χ4n) is 16.6. The van der Waals surface area contributed by atoms with Crippen molar-refractivity contribution in [3.63, 3.8) is 0 Å². The SMILES string of the molecule is CN(C)c1cc(-c2ccc3c(n2)N(C(=O)Nc2cnccn2)[C@H]2CCN3C2)ccn1.Cc1cc(-c2ccc3c(n2)N(C(=O)Nc2nc(C)c(C)s2)[C@H]2CCCN3C2)ccn1.Cc1ccc(NC(=O)N2c3nc(-c4ccnc(C)c4)ccc3N3CC[C@H]2C3)cn1.O=C(Nc1cnccn1)N1c2nc(-c3ccc(C4CC4)nc3)ccc2N2CC[C@H]1C2. The fraction of sp³-hybridized carbons (Fsp3) is 0.310. The lowest BCUT2D eigenvalue weighted by Gasteiger charge is -2.45. The van der Waals surface area contributed by atoms with Crippen LogP contribution in [0.4, 0.5) is 93.5 Å². The van der Waals surface area contributed by atoms with Gasteiger partial charge in [0.15, 0.2) is 40.0 Å². The molecule has 31 nitrogen and oxygen atoms in total. The number of anilines is 13. The van der Waals surface area contributed by atoms with Crippen LogP contribution in [0.3, 0.4) is 0 Å². The highest BCUT2D eigenvalue weighted by Crippen LogP contribution is 2.46. The van der Waals surface area contributed by atoms with Gasteiger partial charge in [-0.25, -0.2) is 59.0 Å². The van der Waals surface area contributed by atoms with E-state index in [1.54, 1.807) is 65.6 Å². The Morgan fingerprint density at radius 3 is 1.26 bits per heavy atom. The largest absolute Gasteiger partial charge is 0.366 e. The summed E-state index contributed by atoms with van der Waals surface area (Å²) in [6, 6.07) is 35.7. The van der Waals surface area contributed by atoms with E-state index >= 15 is 0 Å². The molecule has 0 unspecified atom stereocenters. The minimum atomic E-state index is -0.239. The molecule has 4 N–H and O–H groups in total. The number of amides is 8. The summed E-state index contributed by atoms with van der Waals surface area (Å²) < 4.78 is 0. The van der Waals surface area contributed by atoms with Crippen LogP contribution in [0, 0.1) is 34.6 Å². The molecule has 4 atom stereocenters. The monoisotopic (exact) mass is 1610 g/mol. The Balaban J connectivity index is 0.000000109. The summed E-state index contributed by atoms with van der Waals surface area (Å²) in [6.45, 7) is 16.9. The summed E-state index contributed by atoms with van der Waals surface area (Å²) in [6.07, 6.45) is 25.5. The first-order chi connectivity index (χ1) is 57.9. The van der Waals surface area contributed by atoms with Gasteiger partial charge in [-0.15, -0.1) is 11.3 Å². The maximum absolute atomic E-state index is 13.4. The second kappa shape index (κ2) is 32.7. The summed E-state index contributed by atoms with van der Waals surface area (Å²) in [5.41, 5.74) is 16.8. The number of carbonyl (C=O) groups excluding carboxylic acids is 4. The highest BCUT2D eigenvalue weighted by atomic mass is 32.1. The molecule has 602 valence electrons. The van der Waals surface area contributed by atoms with Crippen LogP contribution in [0.25, 0.3) is 45.0 Å². The van der Waals surface area contributed by atoms with Gasteiger partial charge in [0.1, 0.15) is 5.82 Å². The topological polar surface area (TPSA) is 326 Å². The number of nitrogens with zero attached hydrogens (tertiary/aromatic N) is 23. The lowest BCUT2D eigenvalue weighted by Crippen LogP contribution is -2.56. The normalized spacial score (nSPS) is 17.8. The molecule has 1 saturated carbocycles. The third-order valence-corrected chi connectivity index (χ3v) is 23.9.